The molecule has 72 valence electrons. The van der Waals surface area contributed by atoms with Gasteiger partial charge in [0.1, 0.15) is 5.82 Å². The molecular formula is C12H12FN. The van der Waals surface area contributed by atoms with E-state index in [4.69, 9.17) is 0 Å². The van der Waals surface area contributed by atoms with Gasteiger partial charge >= 0.3 is 0 Å². The van der Waals surface area contributed by atoms with Crippen molar-refractivity contribution in [2.45, 2.75) is 20.3 Å². The summed E-state index contributed by atoms with van der Waals surface area (Å²) in [6.07, 6.45) is 2.39. The van der Waals surface area contributed by atoms with Crippen LogP contribution in [-0.2, 0) is 6.42 Å². The van der Waals surface area contributed by atoms with Crippen LogP contribution in [0.2, 0.25) is 0 Å². The Hall–Kier alpha value is -1.44. The second-order valence-corrected chi connectivity index (χ2v) is 3.41. The summed E-state index contributed by atoms with van der Waals surface area (Å²) in [6.45, 7) is 3.86. The van der Waals surface area contributed by atoms with Gasteiger partial charge in [-0.2, -0.15) is 0 Å². The summed E-state index contributed by atoms with van der Waals surface area (Å²) in [6, 6.07) is 5.45. The first-order valence-corrected chi connectivity index (χ1v) is 4.76. The first-order chi connectivity index (χ1) is 6.74. The fraction of sp³-hybridized carbons (Fsp3) is 0.250. The van der Waals surface area contributed by atoms with Crippen molar-refractivity contribution >= 4 is 10.9 Å². The van der Waals surface area contributed by atoms with E-state index in [0.29, 0.717) is 12.0 Å². The second-order valence-electron chi connectivity index (χ2n) is 3.41. The molecule has 0 bridgehead atoms. The molecule has 0 N–H and O–H groups in total. The van der Waals surface area contributed by atoms with Crippen LogP contribution < -0.4 is 0 Å². The van der Waals surface area contributed by atoms with E-state index >= 15 is 0 Å². The van der Waals surface area contributed by atoms with Gasteiger partial charge in [0, 0.05) is 17.1 Å². The molecule has 2 rings (SSSR count). The lowest BCUT2D eigenvalue weighted by atomic mass is 10.0. The van der Waals surface area contributed by atoms with Gasteiger partial charge in [-0.25, -0.2) is 4.39 Å². The number of nitrogens with zero attached hydrogens (tertiary/aromatic N) is 1. The van der Waals surface area contributed by atoms with Crippen molar-refractivity contribution < 1.29 is 4.39 Å². The maximum absolute atomic E-state index is 13.5. The number of rotatable bonds is 1. The van der Waals surface area contributed by atoms with Crippen LogP contribution in [0.1, 0.15) is 18.1 Å². The number of pyridine rings is 1. The number of aryl methyl sites for hydroxylation is 2. The van der Waals surface area contributed by atoms with Crippen molar-refractivity contribution in [2.75, 3.05) is 0 Å². The van der Waals surface area contributed by atoms with Crippen molar-refractivity contribution in [3.8, 4) is 0 Å². The molecule has 0 saturated carbocycles. The standard InChI is InChI=1S/C12H12FN/c1-3-9-11(13)7-8(2)10-5-4-6-14-12(9)10/h4-7H,3H2,1-2H3. The molecule has 0 unspecified atom stereocenters. The Morgan fingerprint density at radius 3 is 2.93 bits per heavy atom. The predicted octanol–water partition coefficient (Wildman–Crippen LogP) is 3.24. The number of fused-ring (bicyclic) bond motifs is 1. The van der Waals surface area contributed by atoms with E-state index in [0.717, 1.165) is 16.5 Å². The van der Waals surface area contributed by atoms with E-state index in [9.17, 15) is 4.39 Å². The molecule has 1 nitrogen and oxygen atoms in total. The molecule has 2 aromatic rings. The molecule has 0 aliphatic heterocycles. The van der Waals surface area contributed by atoms with Crippen LogP contribution in [0, 0.1) is 12.7 Å². The highest BCUT2D eigenvalue weighted by Crippen LogP contribution is 2.23. The maximum Gasteiger partial charge on any atom is 0.128 e. The highest BCUT2D eigenvalue weighted by atomic mass is 19.1. The van der Waals surface area contributed by atoms with Gasteiger partial charge < -0.3 is 0 Å². The van der Waals surface area contributed by atoms with Gasteiger partial charge in [-0.15, -0.1) is 0 Å². The molecule has 0 atom stereocenters. The van der Waals surface area contributed by atoms with E-state index in [1.165, 1.54) is 0 Å². The van der Waals surface area contributed by atoms with Gasteiger partial charge in [0.25, 0.3) is 0 Å². The molecule has 0 spiro atoms. The fourth-order valence-corrected chi connectivity index (χ4v) is 1.77. The molecule has 0 aliphatic carbocycles. The largest absolute Gasteiger partial charge is 0.256 e. The molecule has 1 heterocycles. The Morgan fingerprint density at radius 2 is 2.21 bits per heavy atom. The van der Waals surface area contributed by atoms with Gasteiger partial charge in [0.15, 0.2) is 0 Å². The average Bonchev–Trinajstić information content (AvgIpc) is 2.18. The number of hydrogen-bond acceptors (Lipinski definition) is 1. The van der Waals surface area contributed by atoms with Crippen molar-refractivity contribution in [3.63, 3.8) is 0 Å². The lowest BCUT2D eigenvalue weighted by Gasteiger charge is -2.07. The minimum Gasteiger partial charge on any atom is -0.256 e. The minimum absolute atomic E-state index is 0.142. The zero-order chi connectivity index (χ0) is 10.1. The fourth-order valence-electron chi connectivity index (χ4n) is 1.77. The van der Waals surface area contributed by atoms with Crippen LogP contribution in [0.15, 0.2) is 24.4 Å². The summed E-state index contributed by atoms with van der Waals surface area (Å²) in [5, 5.41) is 1.05. The third-order valence-electron chi connectivity index (χ3n) is 2.50. The molecule has 1 aromatic carbocycles. The van der Waals surface area contributed by atoms with Crippen LogP contribution >= 0.6 is 0 Å². The molecule has 2 heteroatoms. The van der Waals surface area contributed by atoms with E-state index < -0.39 is 0 Å². The van der Waals surface area contributed by atoms with Crippen molar-refractivity contribution in [2.24, 2.45) is 0 Å². The summed E-state index contributed by atoms with van der Waals surface area (Å²) < 4.78 is 13.5. The summed E-state index contributed by atoms with van der Waals surface area (Å²) in [4.78, 5) is 4.23. The van der Waals surface area contributed by atoms with E-state index in [2.05, 4.69) is 4.98 Å². The molecule has 0 radical (unpaired) electrons. The zero-order valence-electron chi connectivity index (χ0n) is 8.34. The van der Waals surface area contributed by atoms with Crippen molar-refractivity contribution in [1.82, 2.24) is 4.98 Å². The average molecular weight is 189 g/mol. The van der Waals surface area contributed by atoms with E-state index in [1.807, 2.05) is 26.0 Å². The Balaban J connectivity index is 2.90. The van der Waals surface area contributed by atoms with Crippen LogP contribution in [0.4, 0.5) is 4.39 Å². The second kappa shape index (κ2) is 3.37. The van der Waals surface area contributed by atoms with Gasteiger partial charge in [-0.1, -0.05) is 13.0 Å². The normalized spacial score (nSPS) is 10.8. The molecule has 0 aliphatic rings. The summed E-state index contributed by atoms with van der Waals surface area (Å²) in [5.74, 6) is -0.142. The molecule has 0 amide bonds. The third kappa shape index (κ3) is 1.27. The molecule has 14 heavy (non-hydrogen) atoms. The monoisotopic (exact) mass is 189 g/mol. The number of aromatic nitrogens is 1. The number of benzene rings is 1. The zero-order valence-corrected chi connectivity index (χ0v) is 8.34. The van der Waals surface area contributed by atoms with Gasteiger partial charge in [0.05, 0.1) is 5.52 Å². The molecular weight excluding hydrogens is 177 g/mol. The maximum atomic E-state index is 13.5. The lowest BCUT2D eigenvalue weighted by molar-refractivity contribution is 0.613. The molecule has 0 saturated heterocycles. The SMILES string of the molecule is CCc1c(F)cc(C)c2cccnc12. The topological polar surface area (TPSA) is 12.9 Å². The van der Waals surface area contributed by atoms with E-state index in [-0.39, 0.29) is 5.82 Å². The third-order valence-corrected chi connectivity index (χ3v) is 2.50. The highest BCUT2D eigenvalue weighted by molar-refractivity contribution is 5.85. The Morgan fingerprint density at radius 1 is 1.43 bits per heavy atom. The van der Waals surface area contributed by atoms with Gasteiger partial charge in [-0.3, -0.25) is 4.98 Å². The van der Waals surface area contributed by atoms with Crippen LogP contribution in [0.5, 0.6) is 0 Å². The highest BCUT2D eigenvalue weighted by Gasteiger charge is 2.08. The summed E-state index contributed by atoms with van der Waals surface area (Å²) in [5.41, 5.74) is 2.46. The van der Waals surface area contributed by atoms with Crippen LogP contribution in [0.3, 0.4) is 0 Å². The Kier molecular flexibility index (Phi) is 2.20. The smallest absolute Gasteiger partial charge is 0.128 e. The Bertz CT molecular complexity index is 477. The van der Waals surface area contributed by atoms with Crippen LogP contribution in [0.25, 0.3) is 10.9 Å². The first kappa shape index (κ1) is 9.13. The van der Waals surface area contributed by atoms with Crippen molar-refractivity contribution in [1.29, 1.82) is 0 Å². The number of hydrogen-bond donors (Lipinski definition) is 0. The van der Waals surface area contributed by atoms with Crippen molar-refractivity contribution in [3.05, 3.63) is 41.3 Å². The predicted molar refractivity (Wildman–Crippen MR) is 55.8 cm³/mol. The Labute approximate surface area is 82.6 Å². The lowest BCUT2D eigenvalue weighted by Crippen LogP contribution is -1.94. The summed E-state index contributed by atoms with van der Waals surface area (Å²) >= 11 is 0. The minimum atomic E-state index is -0.142. The van der Waals surface area contributed by atoms with Crippen LogP contribution in [-0.4, -0.2) is 4.98 Å². The van der Waals surface area contributed by atoms with E-state index in [1.54, 1.807) is 12.3 Å². The molecule has 0 fully saturated rings. The quantitative estimate of drug-likeness (QED) is 0.671. The summed E-state index contributed by atoms with van der Waals surface area (Å²) in [7, 11) is 0. The molecule has 1 aromatic heterocycles. The van der Waals surface area contributed by atoms with Gasteiger partial charge in [0.2, 0.25) is 0 Å². The first-order valence-electron chi connectivity index (χ1n) is 4.76. The number of halogens is 1. The van der Waals surface area contributed by atoms with Gasteiger partial charge in [-0.05, 0) is 31.0 Å².